The molecular formula is C13H17F2N. The molecule has 1 aromatic carbocycles. The zero-order valence-corrected chi connectivity index (χ0v) is 9.47. The van der Waals surface area contributed by atoms with E-state index < -0.39 is 11.6 Å². The van der Waals surface area contributed by atoms with Gasteiger partial charge in [0.1, 0.15) is 11.6 Å². The number of hydrogen-bond donors (Lipinski definition) is 1. The molecule has 1 unspecified atom stereocenters. The summed E-state index contributed by atoms with van der Waals surface area (Å²) in [5.74, 6) is -1.09. The van der Waals surface area contributed by atoms with Gasteiger partial charge in [0.15, 0.2) is 0 Å². The van der Waals surface area contributed by atoms with Crippen LogP contribution in [0.4, 0.5) is 8.78 Å². The molecule has 0 saturated carbocycles. The summed E-state index contributed by atoms with van der Waals surface area (Å²) in [6, 6.07) is 2.01. The van der Waals surface area contributed by atoms with Crippen LogP contribution in [0.5, 0.6) is 0 Å². The van der Waals surface area contributed by atoms with E-state index >= 15 is 0 Å². The molecule has 0 bridgehead atoms. The van der Waals surface area contributed by atoms with Gasteiger partial charge in [0.2, 0.25) is 0 Å². The molecule has 3 heteroatoms. The van der Waals surface area contributed by atoms with Crippen molar-refractivity contribution >= 4 is 0 Å². The Hall–Kier alpha value is -1.22. The van der Waals surface area contributed by atoms with E-state index in [2.05, 4.69) is 6.58 Å². The molecule has 1 atom stereocenters. The maximum atomic E-state index is 13.4. The number of aryl methyl sites for hydroxylation is 1. The molecule has 0 aromatic heterocycles. The maximum absolute atomic E-state index is 13.4. The van der Waals surface area contributed by atoms with Crippen LogP contribution in [0.15, 0.2) is 24.8 Å². The predicted octanol–water partition coefficient (Wildman–Crippen LogP) is 3.63. The minimum absolute atomic E-state index is 0.376. The molecule has 0 amide bonds. The van der Waals surface area contributed by atoms with Gasteiger partial charge in [-0.3, -0.25) is 0 Å². The lowest BCUT2D eigenvalue weighted by Gasteiger charge is -2.13. The summed E-state index contributed by atoms with van der Waals surface area (Å²) in [6.07, 6.45) is 4.20. The maximum Gasteiger partial charge on any atom is 0.130 e. The Balaban J connectivity index is 2.78. The van der Waals surface area contributed by atoms with E-state index in [0.29, 0.717) is 17.5 Å². The normalized spacial score (nSPS) is 12.5. The highest BCUT2D eigenvalue weighted by molar-refractivity contribution is 5.28. The standard InChI is InChI=1S/C13H17F2N/c1-3-4-5-6-13(16)10-7-9(2)11(14)8-12(10)15/h3,7-8,13H,1,4-6,16H2,2H3. The number of rotatable bonds is 5. The fraction of sp³-hybridized carbons (Fsp3) is 0.385. The minimum Gasteiger partial charge on any atom is -0.324 e. The monoisotopic (exact) mass is 225 g/mol. The quantitative estimate of drug-likeness (QED) is 0.601. The molecular weight excluding hydrogens is 208 g/mol. The van der Waals surface area contributed by atoms with Crippen LogP contribution in [-0.2, 0) is 0 Å². The lowest BCUT2D eigenvalue weighted by Crippen LogP contribution is -2.12. The van der Waals surface area contributed by atoms with Crippen molar-refractivity contribution < 1.29 is 8.78 Å². The highest BCUT2D eigenvalue weighted by atomic mass is 19.1. The van der Waals surface area contributed by atoms with E-state index in [1.54, 1.807) is 13.0 Å². The van der Waals surface area contributed by atoms with Crippen molar-refractivity contribution in [2.75, 3.05) is 0 Å². The van der Waals surface area contributed by atoms with Crippen molar-refractivity contribution in [1.82, 2.24) is 0 Å². The molecule has 0 radical (unpaired) electrons. The van der Waals surface area contributed by atoms with E-state index in [1.165, 1.54) is 6.07 Å². The second-order valence-electron chi connectivity index (χ2n) is 3.95. The highest BCUT2D eigenvalue weighted by Crippen LogP contribution is 2.22. The molecule has 1 nitrogen and oxygen atoms in total. The van der Waals surface area contributed by atoms with Gasteiger partial charge in [0, 0.05) is 17.7 Å². The fourth-order valence-corrected chi connectivity index (χ4v) is 1.60. The van der Waals surface area contributed by atoms with E-state index in [-0.39, 0.29) is 6.04 Å². The van der Waals surface area contributed by atoms with Crippen molar-refractivity contribution in [3.05, 3.63) is 47.5 Å². The first-order valence-electron chi connectivity index (χ1n) is 5.38. The Morgan fingerprint density at radius 1 is 1.38 bits per heavy atom. The number of unbranched alkanes of at least 4 members (excludes halogenated alkanes) is 1. The van der Waals surface area contributed by atoms with Crippen LogP contribution >= 0.6 is 0 Å². The molecule has 88 valence electrons. The van der Waals surface area contributed by atoms with Gasteiger partial charge in [-0.15, -0.1) is 6.58 Å². The average molecular weight is 225 g/mol. The van der Waals surface area contributed by atoms with E-state index in [1.807, 2.05) is 0 Å². The zero-order chi connectivity index (χ0) is 12.1. The van der Waals surface area contributed by atoms with Gasteiger partial charge in [-0.05, 0) is 37.8 Å². The third kappa shape index (κ3) is 3.14. The fourth-order valence-electron chi connectivity index (χ4n) is 1.60. The molecule has 0 fully saturated rings. The van der Waals surface area contributed by atoms with Crippen LogP contribution in [0.1, 0.15) is 36.4 Å². The average Bonchev–Trinajstić information content (AvgIpc) is 2.23. The predicted molar refractivity (Wildman–Crippen MR) is 62.1 cm³/mol. The molecule has 1 rings (SSSR count). The lowest BCUT2D eigenvalue weighted by atomic mass is 9.99. The first kappa shape index (κ1) is 12.8. The van der Waals surface area contributed by atoms with Crippen LogP contribution in [0, 0.1) is 18.6 Å². The Labute approximate surface area is 95.0 Å². The van der Waals surface area contributed by atoms with Gasteiger partial charge in [0.05, 0.1) is 0 Å². The molecule has 0 heterocycles. The Morgan fingerprint density at radius 2 is 2.06 bits per heavy atom. The number of benzene rings is 1. The molecule has 2 N–H and O–H groups in total. The van der Waals surface area contributed by atoms with E-state index in [4.69, 9.17) is 5.73 Å². The van der Waals surface area contributed by atoms with Crippen molar-refractivity contribution in [3.63, 3.8) is 0 Å². The summed E-state index contributed by atoms with van der Waals surface area (Å²) >= 11 is 0. The number of allylic oxidation sites excluding steroid dienone is 1. The van der Waals surface area contributed by atoms with Crippen molar-refractivity contribution in [2.24, 2.45) is 5.73 Å². The Kier molecular flexibility index (Phi) is 4.62. The summed E-state index contributed by atoms with van der Waals surface area (Å²) in [6.45, 7) is 5.21. The first-order valence-corrected chi connectivity index (χ1v) is 5.38. The first-order chi connectivity index (χ1) is 7.56. The van der Waals surface area contributed by atoms with Crippen molar-refractivity contribution in [3.8, 4) is 0 Å². The Bertz CT molecular complexity index is 374. The van der Waals surface area contributed by atoms with E-state index in [9.17, 15) is 8.78 Å². The van der Waals surface area contributed by atoms with Gasteiger partial charge in [-0.25, -0.2) is 8.78 Å². The Morgan fingerprint density at radius 3 is 2.69 bits per heavy atom. The summed E-state index contributed by atoms with van der Waals surface area (Å²) in [7, 11) is 0. The summed E-state index contributed by atoms with van der Waals surface area (Å²) in [4.78, 5) is 0. The summed E-state index contributed by atoms with van der Waals surface area (Å²) in [5.41, 5.74) is 6.68. The van der Waals surface area contributed by atoms with Crippen LogP contribution in [-0.4, -0.2) is 0 Å². The molecule has 0 spiro atoms. The number of halogens is 2. The van der Waals surface area contributed by atoms with E-state index in [0.717, 1.165) is 18.9 Å². The lowest BCUT2D eigenvalue weighted by molar-refractivity contribution is 0.533. The van der Waals surface area contributed by atoms with Crippen LogP contribution < -0.4 is 5.73 Å². The van der Waals surface area contributed by atoms with Gasteiger partial charge in [0.25, 0.3) is 0 Å². The van der Waals surface area contributed by atoms with Crippen LogP contribution in [0.2, 0.25) is 0 Å². The van der Waals surface area contributed by atoms with Gasteiger partial charge in [-0.1, -0.05) is 6.08 Å². The SMILES string of the molecule is C=CCCCC(N)c1cc(C)c(F)cc1F. The minimum atomic E-state index is -0.561. The van der Waals surface area contributed by atoms with Crippen LogP contribution in [0.25, 0.3) is 0 Å². The smallest absolute Gasteiger partial charge is 0.130 e. The zero-order valence-electron chi connectivity index (χ0n) is 9.47. The van der Waals surface area contributed by atoms with Crippen molar-refractivity contribution in [2.45, 2.75) is 32.2 Å². The summed E-state index contributed by atoms with van der Waals surface area (Å²) in [5, 5.41) is 0. The van der Waals surface area contributed by atoms with Gasteiger partial charge in [-0.2, -0.15) is 0 Å². The third-order valence-corrected chi connectivity index (χ3v) is 2.60. The molecule has 0 aliphatic rings. The summed E-state index contributed by atoms with van der Waals surface area (Å²) < 4.78 is 26.5. The van der Waals surface area contributed by atoms with Gasteiger partial charge >= 0.3 is 0 Å². The van der Waals surface area contributed by atoms with Crippen molar-refractivity contribution in [1.29, 1.82) is 0 Å². The molecule has 16 heavy (non-hydrogen) atoms. The molecule has 1 aromatic rings. The van der Waals surface area contributed by atoms with Gasteiger partial charge < -0.3 is 5.73 Å². The second kappa shape index (κ2) is 5.75. The second-order valence-corrected chi connectivity index (χ2v) is 3.95. The largest absolute Gasteiger partial charge is 0.324 e. The van der Waals surface area contributed by atoms with Crippen LogP contribution in [0.3, 0.4) is 0 Å². The molecule has 0 aliphatic heterocycles. The number of nitrogens with two attached hydrogens (primary N) is 1. The third-order valence-electron chi connectivity index (χ3n) is 2.60. The molecule has 0 saturated heterocycles. The number of hydrogen-bond acceptors (Lipinski definition) is 1. The topological polar surface area (TPSA) is 26.0 Å². The molecule has 0 aliphatic carbocycles. The highest BCUT2D eigenvalue weighted by Gasteiger charge is 2.13.